The van der Waals surface area contributed by atoms with Crippen molar-refractivity contribution in [3.63, 3.8) is 0 Å². The largest absolute Gasteiger partial charge is 0.485 e. The Morgan fingerprint density at radius 1 is 1.29 bits per heavy atom. The number of hydrogen-bond donors (Lipinski definition) is 1. The Hall–Kier alpha value is -1.88. The molecule has 114 valence electrons. The van der Waals surface area contributed by atoms with Crippen molar-refractivity contribution < 1.29 is 9.26 Å². The van der Waals surface area contributed by atoms with Gasteiger partial charge in [0.2, 0.25) is 11.7 Å². The summed E-state index contributed by atoms with van der Waals surface area (Å²) < 4.78 is 10.8. The van der Waals surface area contributed by atoms with E-state index in [2.05, 4.69) is 42.3 Å². The summed E-state index contributed by atoms with van der Waals surface area (Å²) in [6.07, 6.45) is 0.737. The van der Waals surface area contributed by atoms with Crippen LogP contribution >= 0.6 is 0 Å². The van der Waals surface area contributed by atoms with E-state index in [0.717, 1.165) is 18.7 Å². The lowest BCUT2D eigenvalue weighted by atomic mass is 10.1. The maximum absolute atomic E-state index is 5.71. The van der Waals surface area contributed by atoms with Crippen molar-refractivity contribution in [2.75, 3.05) is 0 Å². The van der Waals surface area contributed by atoms with Crippen LogP contribution in [-0.2, 0) is 19.6 Å². The first-order valence-corrected chi connectivity index (χ1v) is 7.24. The standard InChI is InChI=1S/C16H23N3O2/c1-5-15-18-14(19-21-15)11-20-13-8-6-7-12(9-13)10-17-16(2,3)4/h6-9,17H,5,10-11H2,1-4H3. The van der Waals surface area contributed by atoms with Crippen LogP contribution < -0.4 is 10.1 Å². The molecule has 0 saturated carbocycles. The molecule has 0 radical (unpaired) electrons. The molecule has 0 unspecified atom stereocenters. The van der Waals surface area contributed by atoms with E-state index in [1.54, 1.807) is 0 Å². The van der Waals surface area contributed by atoms with Gasteiger partial charge >= 0.3 is 0 Å². The fourth-order valence-corrected chi connectivity index (χ4v) is 1.75. The number of rotatable bonds is 6. The fraction of sp³-hybridized carbons (Fsp3) is 0.500. The molecule has 5 heteroatoms. The third kappa shape index (κ3) is 5.19. The van der Waals surface area contributed by atoms with E-state index in [1.807, 2.05) is 25.1 Å². The number of hydrogen-bond acceptors (Lipinski definition) is 5. The molecule has 2 aromatic rings. The third-order valence-electron chi connectivity index (χ3n) is 2.90. The van der Waals surface area contributed by atoms with Gasteiger partial charge in [-0.2, -0.15) is 4.98 Å². The van der Waals surface area contributed by atoms with E-state index in [1.165, 1.54) is 5.56 Å². The minimum atomic E-state index is 0.0953. The van der Waals surface area contributed by atoms with Crippen molar-refractivity contribution in [1.29, 1.82) is 0 Å². The minimum absolute atomic E-state index is 0.0953. The number of nitrogens with one attached hydrogen (secondary N) is 1. The van der Waals surface area contributed by atoms with Gasteiger partial charge in [0.15, 0.2) is 6.61 Å². The zero-order valence-electron chi connectivity index (χ0n) is 13.1. The summed E-state index contributed by atoms with van der Waals surface area (Å²) in [7, 11) is 0. The predicted molar refractivity (Wildman–Crippen MR) is 81.0 cm³/mol. The lowest BCUT2D eigenvalue weighted by Crippen LogP contribution is -2.35. The van der Waals surface area contributed by atoms with Gasteiger partial charge < -0.3 is 14.6 Å². The maximum atomic E-state index is 5.71. The second kappa shape index (κ2) is 6.72. The molecule has 1 aromatic heterocycles. The smallest absolute Gasteiger partial charge is 0.226 e. The van der Waals surface area contributed by atoms with Gasteiger partial charge in [0.05, 0.1) is 0 Å². The van der Waals surface area contributed by atoms with E-state index in [4.69, 9.17) is 9.26 Å². The van der Waals surface area contributed by atoms with Gasteiger partial charge in [0.25, 0.3) is 0 Å². The number of aromatic nitrogens is 2. The Bertz CT molecular complexity index is 573. The van der Waals surface area contributed by atoms with Gasteiger partial charge in [0.1, 0.15) is 5.75 Å². The highest BCUT2D eigenvalue weighted by Gasteiger charge is 2.09. The molecule has 0 bridgehead atoms. The lowest BCUT2D eigenvalue weighted by molar-refractivity contribution is 0.285. The first-order valence-electron chi connectivity index (χ1n) is 7.24. The van der Waals surface area contributed by atoms with Crippen LogP contribution in [0.5, 0.6) is 5.75 Å². The predicted octanol–water partition coefficient (Wildman–Crippen LogP) is 3.10. The molecule has 1 aromatic carbocycles. The fourth-order valence-electron chi connectivity index (χ4n) is 1.75. The highest BCUT2D eigenvalue weighted by atomic mass is 16.5. The third-order valence-corrected chi connectivity index (χ3v) is 2.90. The van der Waals surface area contributed by atoms with E-state index in [-0.39, 0.29) is 5.54 Å². The SMILES string of the molecule is CCc1nc(COc2cccc(CNC(C)(C)C)c2)no1. The monoisotopic (exact) mass is 289 g/mol. The zero-order chi connectivity index (χ0) is 15.3. The van der Waals surface area contributed by atoms with Crippen LogP contribution in [0.3, 0.4) is 0 Å². The Kier molecular flexibility index (Phi) is 4.96. The van der Waals surface area contributed by atoms with Crippen molar-refractivity contribution in [3.8, 4) is 5.75 Å². The van der Waals surface area contributed by atoms with Gasteiger partial charge in [-0.15, -0.1) is 0 Å². The first kappa shape index (κ1) is 15.5. The second-order valence-corrected chi connectivity index (χ2v) is 6.00. The molecule has 0 amide bonds. The Morgan fingerprint density at radius 3 is 2.76 bits per heavy atom. The van der Waals surface area contributed by atoms with E-state index >= 15 is 0 Å². The van der Waals surface area contributed by atoms with Gasteiger partial charge in [-0.25, -0.2) is 0 Å². The van der Waals surface area contributed by atoms with Crippen LogP contribution in [0.15, 0.2) is 28.8 Å². The highest BCUT2D eigenvalue weighted by molar-refractivity contribution is 5.28. The Balaban J connectivity index is 1.91. The zero-order valence-corrected chi connectivity index (χ0v) is 13.1. The van der Waals surface area contributed by atoms with Gasteiger partial charge in [-0.1, -0.05) is 24.2 Å². The van der Waals surface area contributed by atoms with Crippen molar-refractivity contribution in [2.45, 2.75) is 52.8 Å². The quantitative estimate of drug-likeness (QED) is 0.885. The number of nitrogens with zero attached hydrogens (tertiary/aromatic N) is 2. The average Bonchev–Trinajstić information content (AvgIpc) is 2.91. The van der Waals surface area contributed by atoms with Crippen molar-refractivity contribution in [2.24, 2.45) is 0 Å². The van der Waals surface area contributed by atoms with Gasteiger partial charge in [0, 0.05) is 18.5 Å². The molecule has 0 aliphatic heterocycles. The molecule has 0 aliphatic rings. The number of ether oxygens (including phenoxy) is 1. The molecular formula is C16H23N3O2. The molecule has 0 aliphatic carbocycles. The normalized spacial score (nSPS) is 11.6. The summed E-state index contributed by atoms with van der Waals surface area (Å²) in [6, 6.07) is 8.03. The van der Waals surface area contributed by atoms with Crippen molar-refractivity contribution in [3.05, 3.63) is 41.5 Å². The first-order chi connectivity index (χ1) is 9.96. The molecule has 2 rings (SSSR count). The summed E-state index contributed by atoms with van der Waals surface area (Å²) >= 11 is 0. The minimum Gasteiger partial charge on any atom is -0.485 e. The molecule has 21 heavy (non-hydrogen) atoms. The van der Waals surface area contributed by atoms with Crippen LogP contribution in [0.4, 0.5) is 0 Å². The van der Waals surface area contributed by atoms with E-state index < -0.39 is 0 Å². The number of aryl methyl sites for hydroxylation is 1. The topological polar surface area (TPSA) is 60.2 Å². The number of benzene rings is 1. The molecule has 5 nitrogen and oxygen atoms in total. The van der Waals surface area contributed by atoms with Crippen molar-refractivity contribution >= 4 is 0 Å². The summed E-state index contributed by atoms with van der Waals surface area (Å²) in [5.74, 6) is 2.02. The molecule has 1 N–H and O–H groups in total. The van der Waals surface area contributed by atoms with Crippen LogP contribution in [0.25, 0.3) is 0 Å². The molecule has 0 spiro atoms. The van der Waals surface area contributed by atoms with E-state index in [0.29, 0.717) is 18.3 Å². The van der Waals surface area contributed by atoms with Gasteiger partial charge in [-0.3, -0.25) is 0 Å². The van der Waals surface area contributed by atoms with Crippen LogP contribution in [-0.4, -0.2) is 15.7 Å². The maximum Gasteiger partial charge on any atom is 0.226 e. The van der Waals surface area contributed by atoms with Gasteiger partial charge in [-0.05, 0) is 38.5 Å². The highest BCUT2D eigenvalue weighted by Crippen LogP contribution is 2.15. The van der Waals surface area contributed by atoms with Crippen LogP contribution in [0.2, 0.25) is 0 Å². The van der Waals surface area contributed by atoms with Crippen molar-refractivity contribution in [1.82, 2.24) is 15.5 Å². The molecule has 0 fully saturated rings. The molecule has 0 saturated heterocycles. The Labute approximate surface area is 125 Å². The van der Waals surface area contributed by atoms with E-state index in [9.17, 15) is 0 Å². The molecule has 1 heterocycles. The summed E-state index contributed by atoms with van der Waals surface area (Å²) in [4.78, 5) is 4.22. The lowest BCUT2D eigenvalue weighted by Gasteiger charge is -2.20. The summed E-state index contributed by atoms with van der Waals surface area (Å²) in [5.41, 5.74) is 1.28. The molecule has 0 atom stereocenters. The average molecular weight is 289 g/mol. The van der Waals surface area contributed by atoms with Crippen LogP contribution in [0, 0.1) is 0 Å². The van der Waals surface area contributed by atoms with Crippen LogP contribution in [0.1, 0.15) is 45.0 Å². The second-order valence-electron chi connectivity index (χ2n) is 6.00. The summed E-state index contributed by atoms with van der Waals surface area (Å²) in [6.45, 7) is 9.55. The summed E-state index contributed by atoms with van der Waals surface area (Å²) in [5, 5.41) is 7.32. The Morgan fingerprint density at radius 2 is 2.10 bits per heavy atom. The molecular weight excluding hydrogens is 266 g/mol.